The molecule has 0 aliphatic carbocycles. The molecule has 3 aromatic rings. The van der Waals surface area contributed by atoms with Crippen molar-refractivity contribution in [3.8, 4) is 11.3 Å². The van der Waals surface area contributed by atoms with Gasteiger partial charge in [-0.25, -0.2) is 4.98 Å². The number of ether oxygens (including phenoxy) is 1. The molecule has 6 nitrogen and oxygen atoms in total. The maximum Gasteiger partial charge on any atom is 0.259 e. The Balaban J connectivity index is 1.72. The summed E-state index contributed by atoms with van der Waals surface area (Å²) in [7, 11) is 0. The van der Waals surface area contributed by atoms with Crippen molar-refractivity contribution < 1.29 is 14.1 Å². The van der Waals surface area contributed by atoms with Gasteiger partial charge in [0.1, 0.15) is 0 Å². The Morgan fingerprint density at radius 2 is 2.19 bits per heavy atom. The minimum absolute atomic E-state index is 0.0982. The van der Waals surface area contributed by atoms with Crippen molar-refractivity contribution in [1.82, 2.24) is 15.5 Å². The highest BCUT2D eigenvalue weighted by molar-refractivity contribution is 7.12. The Labute approximate surface area is 155 Å². The van der Waals surface area contributed by atoms with Crippen molar-refractivity contribution in [3.63, 3.8) is 0 Å². The third-order valence-corrected chi connectivity index (χ3v) is 5.66. The summed E-state index contributed by atoms with van der Waals surface area (Å²) in [6.07, 6.45) is 2.13. The van der Waals surface area contributed by atoms with Crippen molar-refractivity contribution in [3.05, 3.63) is 33.1 Å². The van der Waals surface area contributed by atoms with Crippen LogP contribution in [0.4, 0.5) is 0 Å². The fraction of sp³-hybridized carbons (Fsp3) is 0.421. The first kappa shape index (κ1) is 17.2. The first-order chi connectivity index (χ1) is 12.5. The second-order valence-electron chi connectivity index (χ2n) is 6.68. The molecule has 0 bridgehead atoms. The third kappa shape index (κ3) is 3.12. The van der Waals surface area contributed by atoms with E-state index in [1.54, 1.807) is 11.3 Å². The number of nitrogens with zero attached hydrogens (tertiary/aromatic N) is 2. The molecule has 26 heavy (non-hydrogen) atoms. The van der Waals surface area contributed by atoms with Gasteiger partial charge in [-0.1, -0.05) is 5.16 Å². The lowest BCUT2D eigenvalue weighted by atomic mass is 10.1. The van der Waals surface area contributed by atoms with Crippen LogP contribution in [0.5, 0.6) is 0 Å². The van der Waals surface area contributed by atoms with Crippen molar-refractivity contribution in [2.45, 2.75) is 39.7 Å². The summed E-state index contributed by atoms with van der Waals surface area (Å²) in [6.45, 7) is 7.23. The Kier molecular flexibility index (Phi) is 4.50. The first-order valence-electron chi connectivity index (χ1n) is 8.77. The van der Waals surface area contributed by atoms with Gasteiger partial charge in [-0.15, -0.1) is 11.3 Å². The van der Waals surface area contributed by atoms with E-state index < -0.39 is 0 Å². The minimum Gasteiger partial charge on any atom is -0.376 e. The van der Waals surface area contributed by atoms with Gasteiger partial charge in [0.05, 0.1) is 28.4 Å². The molecule has 1 amide bonds. The van der Waals surface area contributed by atoms with Gasteiger partial charge in [-0.3, -0.25) is 4.79 Å². The topological polar surface area (TPSA) is 77.2 Å². The van der Waals surface area contributed by atoms with Gasteiger partial charge in [-0.2, -0.15) is 0 Å². The maximum atomic E-state index is 12.9. The highest BCUT2D eigenvalue weighted by Crippen LogP contribution is 2.32. The van der Waals surface area contributed by atoms with Crippen LogP contribution < -0.4 is 5.32 Å². The van der Waals surface area contributed by atoms with E-state index in [0.717, 1.165) is 35.6 Å². The van der Waals surface area contributed by atoms with Crippen molar-refractivity contribution in [2.75, 3.05) is 13.2 Å². The smallest absolute Gasteiger partial charge is 0.259 e. The number of nitrogens with one attached hydrogen (secondary N) is 1. The van der Waals surface area contributed by atoms with Crippen LogP contribution in [0.1, 0.15) is 38.6 Å². The molecule has 0 aromatic carbocycles. The van der Waals surface area contributed by atoms with Gasteiger partial charge in [0.25, 0.3) is 11.6 Å². The van der Waals surface area contributed by atoms with Crippen LogP contribution in [-0.4, -0.2) is 35.3 Å². The number of thiophene rings is 1. The van der Waals surface area contributed by atoms with E-state index in [9.17, 15) is 4.79 Å². The van der Waals surface area contributed by atoms with Gasteiger partial charge < -0.3 is 14.6 Å². The molecule has 1 unspecified atom stereocenters. The molecule has 1 atom stereocenters. The zero-order chi connectivity index (χ0) is 18.3. The second kappa shape index (κ2) is 6.81. The van der Waals surface area contributed by atoms with E-state index in [2.05, 4.69) is 35.4 Å². The molecule has 3 aromatic heterocycles. The number of hydrogen-bond donors (Lipinski definition) is 1. The summed E-state index contributed by atoms with van der Waals surface area (Å²) in [6, 6.07) is 3.93. The SMILES string of the molecule is Cc1cc(-c2cc(C(=O)NCC3CCCO3)c3c(C)noc3n2)c(C)s1. The van der Waals surface area contributed by atoms with E-state index in [-0.39, 0.29) is 12.0 Å². The van der Waals surface area contributed by atoms with Gasteiger partial charge in [0, 0.05) is 28.5 Å². The van der Waals surface area contributed by atoms with E-state index >= 15 is 0 Å². The average molecular weight is 371 g/mol. The third-order valence-electron chi connectivity index (χ3n) is 4.69. The van der Waals surface area contributed by atoms with E-state index in [4.69, 9.17) is 9.26 Å². The quantitative estimate of drug-likeness (QED) is 0.755. The molecule has 0 spiro atoms. The number of carbonyl (C=O) groups is 1. The molecule has 1 aliphatic rings. The lowest BCUT2D eigenvalue weighted by molar-refractivity contribution is 0.0859. The lowest BCUT2D eigenvalue weighted by Crippen LogP contribution is -2.32. The average Bonchev–Trinajstić information content (AvgIpc) is 3.33. The summed E-state index contributed by atoms with van der Waals surface area (Å²) >= 11 is 1.71. The molecule has 7 heteroatoms. The van der Waals surface area contributed by atoms with E-state index in [1.165, 1.54) is 4.88 Å². The van der Waals surface area contributed by atoms with Crippen LogP contribution in [0, 0.1) is 20.8 Å². The Bertz CT molecular complexity index is 970. The predicted octanol–water partition coefficient (Wildman–Crippen LogP) is 3.79. The molecule has 1 saturated heterocycles. The lowest BCUT2D eigenvalue weighted by Gasteiger charge is -2.12. The number of pyridine rings is 1. The molecule has 1 fully saturated rings. The maximum absolute atomic E-state index is 12.9. The Hall–Kier alpha value is -2.25. The number of hydrogen-bond acceptors (Lipinski definition) is 6. The Morgan fingerprint density at radius 1 is 1.35 bits per heavy atom. The van der Waals surface area contributed by atoms with E-state index in [0.29, 0.717) is 28.9 Å². The van der Waals surface area contributed by atoms with Crippen LogP contribution in [0.3, 0.4) is 0 Å². The highest BCUT2D eigenvalue weighted by Gasteiger charge is 2.22. The molecule has 0 saturated carbocycles. The normalized spacial score (nSPS) is 17.1. The van der Waals surface area contributed by atoms with Crippen LogP contribution in [0.15, 0.2) is 16.7 Å². The van der Waals surface area contributed by atoms with Gasteiger partial charge in [-0.05, 0) is 45.7 Å². The molecule has 0 radical (unpaired) electrons. The van der Waals surface area contributed by atoms with Crippen LogP contribution in [0.25, 0.3) is 22.4 Å². The standard InChI is InChI=1S/C19H21N3O3S/c1-10-7-14(12(3)26-10)16-8-15(17-11(2)22-25-19(17)21-16)18(23)20-9-13-5-4-6-24-13/h7-8,13H,4-6,9H2,1-3H3,(H,20,23). The van der Waals surface area contributed by atoms with Gasteiger partial charge in [0.2, 0.25) is 0 Å². The summed E-state index contributed by atoms with van der Waals surface area (Å²) in [5.41, 5.74) is 3.37. The number of amides is 1. The zero-order valence-electron chi connectivity index (χ0n) is 15.1. The molecule has 1 aliphatic heterocycles. The number of aromatic nitrogens is 2. The number of carbonyl (C=O) groups excluding carboxylic acids is 1. The van der Waals surface area contributed by atoms with Crippen molar-refractivity contribution >= 4 is 28.3 Å². The first-order valence-corrected chi connectivity index (χ1v) is 9.59. The summed E-state index contributed by atoms with van der Waals surface area (Å²) < 4.78 is 11.0. The minimum atomic E-state index is -0.148. The largest absolute Gasteiger partial charge is 0.376 e. The summed E-state index contributed by atoms with van der Waals surface area (Å²) in [5.74, 6) is -0.148. The molecule has 4 rings (SSSR count). The van der Waals surface area contributed by atoms with Crippen molar-refractivity contribution in [1.29, 1.82) is 0 Å². The molecular weight excluding hydrogens is 350 g/mol. The number of rotatable bonds is 4. The molecule has 136 valence electrons. The fourth-order valence-corrected chi connectivity index (χ4v) is 4.34. The van der Waals surface area contributed by atoms with Gasteiger partial charge >= 0.3 is 0 Å². The van der Waals surface area contributed by atoms with E-state index in [1.807, 2.05) is 13.0 Å². The summed E-state index contributed by atoms with van der Waals surface area (Å²) in [4.78, 5) is 19.8. The summed E-state index contributed by atoms with van der Waals surface area (Å²) in [5, 5.41) is 7.66. The number of aryl methyl sites for hydroxylation is 3. The van der Waals surface area contributed by atoms with Gasteiger partial charge in [0.15, 0.2) is 0 Å². The zero-order valence-corrected chi connectivity index (χ0v) is 15.9. The predicted molar refractivity (Wildman–Crippen MR) is 101 cm³/mol. The molecular formula is C19H21N3O3S. The highest BCUT2D eigenvalue weighted by atomic mass is 32.1. The van der Waals surface area contributed by atoms with Crippen LogP contribution in [-0.2, 0) is 4.74 Å². The van der Waals surface area contributed by atoms with Crippen LogP contribution in [0.2, 0.25) is 0 Å². The second-order valence-corrected chi connectivity index (χ2v) is 8.14. The molecule has 4 heterocycles. The Morgan fingerprint density at radius 3 is 2.88 bits per heavy atom. The number of fused-ring (bicyclic) bond motifs is 1. The fourth-order valence-electron chi connectivity index (χ4n) is 3.40. The monoisotopic (exact) mass is 371 g/mol. The molecule has 1 N–H and O–H groups in total. The van der Waals surface area contributed by atoms with Crippen molar-refractivity contribution in [2.24, 2.45) is 0 Å². The van der Waals surface area contributed by atoms with Crippen LogP contribution >= 0.6 is 11.3 Å².